The van der Waals surface area contributed by atoms with Gasteiger partial charge in [0, 0.05) is 16.5 Å². The highest BCUT2D eigenvalue weighted by molar-refractivity contribution is 7.80. The molecule has 0 amide bonds. The van der Waals surface area contributed by atoms with Crippen LogP contribution in [0.15, 0.2) is 30.3 Å². The Kier molecular flexibility index (Phi) is 6.73. The molecule has 2 aromatic rings. The third-order valence-corrected chi connectivity index (χ3v) is 9.71. The van der Waals surface area contributed by atoms with Crippen molar-refractivity contribution >= 4 is 39.6 Å². The number of benzene rings is 1. The molecule has 34 heavy (non-hydrogen) atoms. The van der Waals surface area contributed by atoms with Crippen LogP contribution in [0.25, 0.3) is 11.1 Å². The Labute approximate surface area is 212 Å². The largest absolute Gasteiger partial charge is 0.465 e. The van der Waals surface area contributed by atoms with Gasteiger partial charge in [0.1, 0.15) is 10.6 Å². The van der Waals surface area contributed by atoms with E-state index in [0.717, 1.165) is 51.6 Å². The van der Waals surface area contributed by atoms with Gasteiger partial charge in [0.15, 0.2) is 5.11 Å². The second-order valence-electron chi connectivity index (χ2n) is 10.8. The molecule has 4 bridgehead atoms. The van der Waals surface area contributed by atoms with E-state index < -0.39 is 0 Å². The number of thiophene rings is 1. The zero-order chi connectivity index (χ0) is 23.9. The van der Waals surface area contributed by atoms with E-state index in [0.29, 0.717) is 22.1 Å². The molecule has 2 N–H and O–H groups in total. The van der Waals surface area contributed by atoms with E-state index in [2.05, 4.69) is 24.5 Å². The SMILES string of the molecule is CCCC(NC(=S)Nc1sc(C)c(-c2ccccc2)c1C(=O)OC)C12CC3CC(CC(C3)C1)C2. The van der Waals surface area contributed by atoms with Crippen LogP contribution in [0.3, 0.4) is 0 Å². The summed E-state index contributed by atoms with van der Waals surface area (Å²) in [5, 5.41) is 8.56. The van der Waals surface area contributed by atoms with E-state index >= 15 is 0 Å². The lowest BCUT2D eigenvalue weighted by molar-refractivity contribution is -0.0718. The van der Waals surface area contributed by atoms with Crippen molar-refractivity contribution in [3.05, 3.63) is 40.8 Å². The predicted octanol–water partition coefficient (Wildman–Crippen LogP) is 7.18. The molecule has 0 saturated heterocycles. The van der Waals surface area contributed by atoms with Crippen molar-refractivity contribution < 1.29 is 9.53 Å². The van der Waals surface area contributed by atoms with Gasteiger partial charge in [0.2, 0.25) is 0 Å². The molecule has 6 rings (SSSR count). The molecule has 1 heterocycles. The first kappa shape index (κ1) is 23.8. The molecular weight excluding hydrogens is 460 g/mol. The molecule has 182 valence electrons. The number of esters is 1. The Morgan fingerprint density at radius 1 is 1.15 bits per heavy atom. The Bertz CT molecular complexity index is 1030. The van der Waals surface area contributed by atoms with E-state index in [1.807, 2.05) is 30.3 Å². The standard InChI is InChI=1S/C28H36N2O2S2/c1-4-8-22(28-14-18-11-19(15-28)13-20(12-18)16-28)29-27(33)30-25-24(26(31)32-3)23(17(2)34-25)21-9-6-5-7-10-21/h5-7,9-10,18-20,22H,4,8,11-16H2,1-3H3,(H2,29,30,33). The van der Waals surface area contributed by atoms with Crippen LogP contribution in [-0.2, 0) is 4.74 Å². The van der Waals surface area contributed by atoms with Crippen LogP contribution < -0.4 is 10.6 Å². The molecule has 4 fully saturated rings. The predicted molar refractivity (Wildman–Crippen MR) is 144 cm³/mol. The molecule has 4 aliphatic carbocycles. The summed E-state index contributed by atoms with van der Waals surface area (Å²) < 4.78 is 5.18. The number of carbonyl (C=O) groups is 1. The number of nitrogens with one attached hydrogen (secondary N) is 2. The van der Waals surface area contributed by atoms with Gasteiger partial charge >= 0.3 is 5.97 Å². The number of rotatable bonds is 7. The van der Waals surface area contributed by atoms with E-state index in [1.54, 1.807) is 11.3 Å². The highest BCUT2D eigenvalue weighted by atomic mass is 32.1. The maximum atomic E-state index is 12.9. The number of hydrogen-bond donors (Lipinski definition) is 2. The average molecular weight is 497 g/mol. The van der Waals surface area contributed by atoms with Crippen LogP contribution in [0.4, 0.5) is 5.00 Å². The van der Waals surface area contributed by atoms with Gasteiger partial charge in [0.05, 0.1) is 7.11 Å². The number of methoxy groups -OCH3 is 1. The van der Waals surface area contributed by atoms with Crippen molar-refractivity contribution in [2.24, 2.45) is 23.2 Å². The first-order valence-electron chi connectivity index (χ1n) is 12.8. The zero-order valence-electron chi connectivity index (χ0n) is 20.5. The molecule has 1 unspecified atom stereocenters. The maximum Gasteiger partial charge on any atom is 0.341 e. The van der Waals surface area contributed by atoms with Crippen LogP contribution >= 0.6 is 23.6 Å². The Morgan fingerprint density at radius 3 is 2.32 bits per heavy atom. The van der Waals surface area contributed by atoms with E-state index in [9.17, 15) is 4.79 Å². The second kappa shape index (κ2) is 9.62. The number of ether oxygens (including phenoxy) is 1. The summed E-state index contributed by atoms with van der Waals surface area (Å²) in [7, 11) is 1.44. The normalized spacial score (nSPS) is 27.9. The lowest BCUT2D eigenvalue weighted by Gasteiger charge is -2.59. The van der Waals surface area contributed by atoms with Crippen LogP contribution in [0.5, 0.6) is 0 Å². The van der Waals surface area contributed by atoms with Crippen molar-refractivity contribution in [3.8, 4) is 11.1 Å². The minimum absolute atomic E-state index is 0.334. The first-order chi connectivity index (χ1) is 16.4. The lowest BCUT2D eigenvalue weighted by Crippen LogP contribution is -2.57. The molecule has 1 atom stereocenters. The summed E-state index contributed by atoms with van der Waals surface area (Å²) in [6, 6.07) is 10.4. The number of thiocarbonyl (C=S) groups is 1. The van der Waals surface area contributed by atoms with Gasteiger partial charge in [-0.1, -0.05) is 43.7 Å². The molecule has 0 spiro atoms. The third kappa shape index (κ3) is 4.39. The van der Waals surface area contributed by atoms with Crippen molar-refractivity contribution in [2.75, 3.05) is 12.4 Å². The number of aryl methyl sites for hydroxylation is 1. The van der Waals surface area contributed by atoms with E-state index in [4.69, 9.17) is 17.0 Å². The molecular formula is C28H36N2O2S2. The fourth-order valence-corrected chi connectivity index (χ4v) is 8.98. The smallest absolute Gasteiger partial charge is 0.341 e. The van der Waals surface area contributed by atoms with Crippen molar-refractivity contribution in [2.45, 2.75) is 71.3 Å². The minimum atomic E-state index is -0.334. The summed E-state index contributed by atoms with van der Waals surface area (Å²) in [5.41, 5.74) is 2.89. The Hall–Kier alpha value is -1.92. The van der Waals surface area contributed by atoms with Gasteiger partial charge in [-0.15, -0.1) is 11.3 Å². The highest BCUT2D eigenvalue weighted by Gasteiger charge is 2.54. The molecule has 4 saturated carbocycles. The first-order valence-corrected chi connectivity index (χ1v) is 14.0. The molecule has 6 heteroatoms. The fraction of sp³-hybridized carbons (Fsp3) is 0.571. The summed E-state index contributed by atoms with van der Waals surface area (Å²) in [6.45, 7) is 4.33. The molecule has 1 aromatic heterocycles. The zero-order valence-corrected chi connectivity index (χ0v) is 22.1. The quantitative estimate of drug-likeness (QED) is 0.314. The maximum absolute atomic E-state index is 12.9. The van der Waals surface area contributed by atoms with Crippen LogP contribution in [0.2, 0.25) is 0 Å². The highest BCUT2D eigenvalue weighted by Crippen LogP contribution is 2.61. The summed E-state index contributed by atoms with van der Waals surface area (Å²) in [6.07, 6.45) is 10.7. The Morgan fingerprint density at radius 2 is 1.76 bits per heavy atom. The van der Waals surface area contributed by atoms with E-state index in [-0.39, 0.29) is 5.97 Å². The van der Waals surface area contributed by atoms with Crippen LogP contribution in [-0.4, -0.2) is 24.2 Å². The van der Waals surface area contributed by atoms with Gasteiger partial charge in [0.25, 0.3) is 0 Å². The minimum Gasteiger partial charge on any atom is -0.465 e. The third-order valence-electron chi connectivity index (χ3n) is 8.47. The molecule has 4 aliphatic rings. The van der Waals surface area contributed by atoms with Crippen molar-refractivity contribution in [3.63, 3.8) is 0 Å². The molecule has 0 aliphatic heterocycles. The number of carbonyl (C=O) groups excluding carboxylic acids is 1. The van der Waals surface area contributed by atoms with Crippen LogP contribution in [0.1, 0.15) is 73.5 Å². The van der Waals surface area contributed by atoms with Gasteiger partial charge < -0.3 is 15.4 Å². The summed E-state index contributed by atoms with van der Waals surface area (Å²) in [5.74, 6) is 2.40. The average Bonchev–Trinajstić information content (AvgIpc) is 3.13. The molecule has 4 nitrogen and oxygen atoms in total. The van der Waals surface area contributed by atoms with Crippen molar-refractivity contribution in [1.82, 2.24) is 5.32 Å². The van der Waals surface area contributed by atoms with Gasteiger partial charge in [-0.25, -0.2) is 4.79 Å². The summed E-state index contributed by atoms with van der Waals surface area (Å²) >= 11 is 7.43. The fourth-order valence-electron chi connectivity index (χ4n) is 7.60. The lowest BCUT2D eigenvalue weighted by atomic mass is 9.47. The van der Waals surface area contributed by atoms with Gasteiger partial charge in [-0.3, -0.25) is 0 Å². The molecule has 0 radical (unpaired) electrons. The van der Waals surface area contributed by atoms with Gasteiger partial charge in [-0.05, 0) is 92.8 Å². The second-order valence-corrected chi connectivity index (χ2v) is 12.4. The number of anilines is 1. The number of hydrogen-bond acceptors (Lipinski definition) is 4. The van der Waals surface area contributed by atoms with Crippen LogP contribution in [0, 0.1) is 30.1 Å². The monoisotopic (exact) mass is 496 g/mol. The Balaban J connectivity index is 1.39. The van der Waals surface area contributed by atoms with Gasteiger partial charge in [-0.2, -0.15) is 0 Å². The molecule has 1 aromatic carbocycles. The summed E-state index contributed by atoms with van der Waals surface area (Å²) in [4.78, 5) is 13.9. The van der Waals surface area contributed by atoms with Crippen molar-refractivity contribution in [1.29, 1.82) is 0 Å². The van der Waals surface area contributed by atoms with E-state index in [1.165, 1.54) is 45.6 Å². The topological polar surface area (TPSA) is 50.4 Å².